The molecule has 0 aliphatic carbocycles. The number of thioether (sulfide) groups is 1. The first-order chi connectivity index (χ1) is 14.3. The third-order valence-corrected chi connectivity index (χ3v) is 5.78. The third-order valence-electron chi connectivity index (χ3n) is 4.20. The lowest BCUT2D eigenvalue weighted by atomic mass is 10.2. The lowest BCUT2D eigenvalue weighted by molar-refractivity contribution is -0.116. The van der Waals surface area contributed by atoms with Crippen molar-refractivity contribution in [1.29, 1.82) is 0 Å². The maximum absolute atomic E-state index is 12.3. The number of halogens is 2. The molecule has 1 heterocycles. The van der Waals surface area contributed by atoms with Crippen LogP contribution in [0.3, 0.4) is 0 Å². The topological polar surface area (TPSA) is 88.9 Å². The zero-order valence-electron chi connectivity index (χ0n) is 16.3. The van der Waals surface area contributed by atoms with Gasteiger partial charge in [0.1, 0.15) is 5.82 Å². The Labute approximate surface area is 188 Å². The van der Waals surface area contributed by atoms with Gasteiger partial charge in [-0.2, -0.15) is 0 Å². The lowest BCUT2D eigenvalue weighted by Crippen LogP contribution is -2.17. The van der Waals surface area contributed by atoms with Crippen LogP contribution in [0.15, 0.2) is 47.6 Å². The molecule has 7 nitrogen and oxygen atoms in total. The monoisotopic (exact) mass is 463 g/mol. The van der Waals surface area contributed by atoms with Crippen molar-refractivity contribution in [3.05, 3.63) is 63.9 Å². The van der Waals surface area contributed by atoms with Gasteiger partial charge in [-0.25, -0.2) is 0 Å². The highest BCUT2D eigenvalue weighted by Gasteiger charge is 2.15. The molecule has 3 rings (SSSR count). The smallest absolute Gasteiger partial charge is 0.234 e. The van der Waals surface area contributed by atoms with Crippen molar-refractivity contribution < 1.29 is 9.59 Å². The Balaban J connectivity index is 1.56. The van der Waals surface area contributed by atoms with Crippen molar-refractivity contribution in [3.8, 4) is 0 Å². The first-order valence-electron chi connectivity index (χ1n) is 8.95. The van der Waals surface area contributed by atoms with E-state index in [4.69, 9.17) is 23.2 Å². The van der Waals surface area contributed by atoms with Gasteiger partial charge in [-0.1, -0.05) is 53.2 Å². The van der Waals surface area contributed by atoms with E-state index in [1.54, 1.807) is 48.0 Å². The van der Waals surface area contributed by atoms with Gasteiger partial charge in [0.05, 0.1) is 22.9 Å². The molecule has 2 aromatic carbocycles. The number of aryl methyl sites for hydroxylation is 1. The van der Waals surface area contributed by atoms with Crippen molar-refractivity contribution in [1.82, 2.24) is 14.8 Å². The first-order valence-corrected chi connectivity index (χ1v) is 10.7. The van der Waals surface area contributed by atoms with E-state index in [0.717, 1.165) is 5.56 Å². The number of nitrogens with one attached hydrogen (secondary N) is 2. The minimum atomic E-state index is -0.260. The molecule has 0 fully saturated rings. The Bertz CT molecular complexity index is 1090. The molecule has 10 heteroatoms. The minimum absolute atomic E-state index is 0.0309. The summed E-state index contributed by atoms with van der Waals surface area (Å²) in [6, 6.07) is 12.3. The van der Waals surface area contributed by atoms with E-state index < -0.39 is 0 Å². The maximum atomic E-state index is 12.3. The second kappa shape index (κ2) is 9.97. The van der Waals surface area contributed by atoms with Crippen LogP contribution in [0.4, 0.5) is 11.4 Å². The number of hydrogen-bond acceptors (Lipinski definition) is 5. The molecular weight excluding hydrogens is 445 g/mol. The predicted molar refractivity (Wildman–Crippen MR) is 120 cm³/mol. The molecule has 0 saturated carbocycles. The van der Waals surface area contributed by atoms with E-state index in [1.807, 2.05) is 13.0 Å². The maximum Gasteiger partial charge on any atom is 0.234 e. The van der Waals surface area contributed by atoms with Crippen LogP contribution in [0.25, 0.3) is 0 Å². The zero-order valence-corrected chi connectivity index (χ0v) is 18.6. The number of carbonyl (C=O) groups is 2. The summed E-state index contributed by atoms with van der Waals surface area (Å²) < 4.78 is 1.69. The summed E-state index contributed by atoms with van der Waals surface area (Å²) in [7, 11) is 1.75. The highest BCUT2D eigenvalue weighted by atomic mass is 35.5. The summed E-state index contributed by atoms with van der Waals surface area (Å²) >= 11 is 13.3. The fourth-order valence-corrected chi connectivity index (χ4v) is 3.66. The summed E-state index contributed by atoms with van der Waals surface area (Å²) in [6.07, 6.45) is 0.0309. The summed E-state index contributed by atoms with van der Waals surface area (Å²) in [5.41, 5.74) is 2.13. The Kier molecular flexibility index (Phi) is 7.36. The Hall–Kier alpha value is -2.55. The molecule has 156 valence electrons. The summed E-state index contributed by atoms with van der Waals surface area (Å²) in [6.45, 7) is 1.89. The largest absolute Gasteiger partial charge is 0.325 e. The van der Waals surface area contributed by atoms with Gasteiger partial charge in [0, 0.05) is 17.8 Å². The van der Waals surface area contributed by atoms with E-state index in [0.29, 0.717) is 32.4 Å². The number of anilines is 2. The highest BCUT2D eigenvalue weighted by molar-refractivity contribution is 7.99. The molecule has 2 N–H and O–H groups in total. The molecule has 0 saturated heterocycles. The molecule has 0 aliphatic heterocycles. The summed E-state index contributed by atoms with van der Waals surface area (Å²) in [5, 5.41) is 15.3. The second-order valence-corrected chi connectivity index (χ2v) is 8.24. The number of carbonyl (C=O) groups excluding carboxylic acids is 2. The Morgan fingerprint density at radius 1 is 1.03 bits per heavy atom. The molecule has 0 bridgehead atoms. The van der Waals surface area contributed by atoms with E-state index >= 15 is 0 Å². The van der Waals surface area contributed by atoms with Gasteiger partial charge in [0.2, 0.25) is 11.8 Å². The number of benzene rings is 2. The Morgan fingerprint density at radius 2 is 1.77 bits per heavy atom. The van der Waals surface area contributed by atoms with Gasteiger partial charge in [-0.05, 0) is 36.8 Å². The molecule has 0 atom stereocenters. The molecule has 0 radical (unpaired) electrons. The molecule has 3 aromatic rings. The van der Waals surface area contributed by atoms with Gasteiger partial charge in [0.25, 0.3) is 0 Å². The van der Waals surface area contributed by atoms with E-state index in [2.05, 4.69) is 20.8 Å². The van der Waals surface area contributed by atoms with Gasteiger partial charge in [-0.3, -0.25) is 9.59 Å². The number of amides is 2. The minimum Gasteiger partial charge on any atom is -0.325 e. The third kappa shape index (κ3) is 5.75. The van der Waals surface area contributed by atoms with Crippen molar-refractivity contribution >= 4 is 58.2 Å². The second-order valence-electron chi connectivity index (χ2n) is 6.46. The average Bonchev–Trinajstić information content (AvgIpc) is 3.04. The SMILES string of the molecule is Cc1ccc(Cl)cc1NC(=O)CSc1nnc(CC(=O)Nc2ccccc2Cl)n1C. The van der Waals surface area contributed by atoms with Crippen molar-refractivity contribution in [2.75, 3.05) is 16.4 Å². The Morgan fingerprint density at radius 3 is 2.53 bits per heavy atom. The van der Waals surface area contributed by atoms with E-state index in [1.165, 1.54) is 11.8 Å². The molecule has 0 aliphatic rings. The van der Waals surface area contributed by atoms with Crippen molar-refractivity contribution in [2.45, 2.75) is 18.5 Å². The molecule has 1 aromatic heterocycles. The molecular formula is C20H19Cl2N5O2S. The zero-order chi connectivity index (χ0) is 21.7. The van der Waals surface area contributed by atoms with Gasteiger partial charge in [-0.15, -0.1) is 10.2 Å². The lowest BCUT2D eigenvalue weighted by Gasteiger charge is -2.09. The number of para-hydroxylation sites is 1. The number of aromatic nitrogens is 3. The van der Waals surface area contributed by atoms with E-state index in [9.17, 15) is 9.59 Å². The predicted octanol–water partition coefficient (Wildman–Crippen LogP) is 4.34. The van der Waals surface area contributed by atoms with Crippen LogP contribution in [0.2, 0.25) is 10.0 Å². The van der Waals surface area contributed by atoms with Crippen LogP contribution in [-0.2, 0) is 23.1 Å². The first kappa shape index (κ1) is 22.1. The van der Waals surface area contributed by atoms with Crippen LogP contribution in [0.1, 0.15) is 11.4 Å². The van der Waals surface area contributed by atoms with Crippen LogP contribution in [-0.4, -0.2) is 32.3 Å². The number of nitrogens with zero attached hydrogens (tertiary/aromatic N) is 3. The van der Waals surface area contributed by atoms with Gasteiger partial charge >= 0.3 is 0 Å². The summed E-state index contributed by atoms with van der Waals surface area (Å²) in [5.74, 6) is 0.174. The summed E-state index contributed by atoms with van der Waals surface area (Å²) in [4.78, 5) is 24.6. The normalized spacial score (nSPS) is 10.7. The molecule has 30 heavy (non-hydrogen) atoms. The quantitative estimate of drug-likeness (QED) is 0.508. The number of hydrogen-bond donors (Lipinski definition) is 2. The van der Waals surface area contributed by atoms with Crippen molar-refractivity contribution in [2.24, 2.45) is 7.05 Å². The number of rotatable bonds is 7. The van der Waals surface area contributed by atoms with Crippen LogP contribution < -0.4 is 10.6 Å². The van der Waals surface area contributed by atoms with Crippen molar-refractivity contribution in [3.63, 3.8) is 0 Å². The van der Waals surface area contributed by atoms with Crippen LogP contribution >= 0.6 is 35.0 Å². The molecule has 2 amide bonds. The standard InChI is InChI=1S/C20H19Cl2N5O2S/c1-12-7-8-13(21)9-16(12)24-19(29)11-30-20-26-25-17(27(20)2)10-18(28)23-15-6-4-3-5-14(15)22/h3-9H,10-11H2,1-2H3,(H,23,28)(H,24,29). The van der Waals surface area contributed by atoms with Crippen LogP contribution in [0, 0.1) is 6.92 Å². The van der Waals surface area contributed by atoms with Gasteiger partial charge in [0.15, 0.2) is 5.16 Å². The fraction of sp³-hybridized carbons (Fsp3) is 0.200. The van der Waals surface area contributed by atoms with E-state index in [-0.39, 0.29) is 24.0 Å². The average molecular weight is 464 g/mol. The highest BCUT2D eigenvalue weighted by Crippen LogP contribution is 2.22. The molecule has 0 unspecified atom stereocenters. The van der Waals surface area contributed by atoms with Crippen LogP contribution in [0.5, 0.6) is 0 Å². The molecule has 0 spiro atoms. The van der Waals surface area contributed by atoms with Gasteiger partial charge < -0.3 is 15.2 Å². The fourth-order valence-electron chi connectivity index (χ4n) is 2.57.